The first-order chi connectivity index (χ1) is 14.0. The number of carbonyl (C=O) groups excluding carboxylic acids is 2. The second-order valence-electron chi connectivity index (χ2n) is 6.26. The molecule has 2 N–H and O–H groups in total. The van der Waals surface area contributed by atoms with Gasteiger partial charge in [-0.25, -0.2) is 5.43 Å². The molecule has 0 atom stereocenters. The zero-order valence-corrected chi connectivity index (χ0v) is 16.1. The number of benzene rings is 2. The molecule has 7 nitrogen and oxygen atoms in total. The van der Waals surface area contributed by atoms with Crippen molar-refractivity contribution in [1.82, 2.24) is 5.43 Å². The average Bonchev–Trinajstić information content (AvgIpc) is 3.17. The van der Waals surface area contributed by atoms with Crippen LogP contribution in [0.2, 0.25) is 0 Å². The van der Waals surface area contributed by atoms with Crippen molar-refractivity contribution in [3.63, 3.8) is 0 Å². The van der Waals surface area contributed by atoms with E-state index in [1.807, 2.05) is 30.3 Å². The van der Waals surface area contributed by atoms with Crippen molar-refractivity contribution in [2.45, 2.75) is 13.8 Å². The van der Waals surface area contributed by atoms with E-state index in [1.54, 1.807) is 44.2 Å². The second kappa shape index (κ2) is 9.36. The van der Waals surface area contributed by atoms with E-state index in [0.717, 1.165) is 11.3 Å². The highest BCUT2D eigenvalue weighted by Crippen LogP contribution is 2.14. The molecule has 0 aliphatic heterocycles. The lowest BCUT2D eigenvalue weighted by atomic mass is 10.1. The highest BCUT2D eigenvalue weighted by Gasteiger charge is 2.10. The molecule has 0 aliphatic carbocycles. The Morgan fingerprint density at radius 2 is 1.76 bits per heavy atom. The average molecular weight is 391 g/mol. The monoisotopic (exact) mass is 391 g/mol. The molecule has 0 saturated carbocycles. The van der Waals surface area contributed by atoms with E-state index < -0.39 is 0 Å². The fourth-order valence-electron chi connectivity index (χ4n) is 2.54. The smallest absolute Gasteiger partial charge is 0.274 e. The maximum absolute atomic E-state index is 12.1. The maximum Gasteiger partial charge on any atom is 0.274 e. The van der Waals surface area contributed by atoms with E-state index in [0.29, 0.717) is 22.8 Å². The summed E-state index contributed by atoms with van der Waals surface area (Å²) in [5.41, 5.74) is 5.12. The fourth-order valence-corrected chi connectivity index (χ4v) is 2.54. The number of furan rings is 1. The Morgan fingerprint density at radius 1 is 1.03 bits per heavy atom. The SMILES string of the molecule is C/C(=N/NC(=O)c1ccoc1C)c1ccc(OCC(=O)Nc2ccccc2)cc1. The molecule has 0 saturated heterocycles. The molecule has 3 aromatic rings. The van der Waals surface area contributed by atoms with Crippen LogP contribution < -0.4 is 15.5 Å². The van der Waals surface area contributed by atoms with Gasteiger partial charge >= 0.3 is 0 Å². The van der Waals surface area contributed by atoms with Gasteiger partial charge in [0.2, 0.25) is 0 Å². The molecule has 7 heteroatoms. The summed E-state index contributed by atoms with van der Waals surface area (Å²) in [5.74, 6) is 0.520. The summed E-state index contributed by atoms with van der Waals surface area (Å²) in [7, 11) is 0. The van der Waals surface area contributed by atoms with Crippen LogP contribution >= 0.6 is 0 Å². The minimum atomic E-state index is -0.333. The third-order valence-electron chi connectivity index (χ3n) is 4.13. The number of nitrogens with one attached hydrogen (secondary N) is 2. The summed E-state index contributed by atoms with van der Waals surface area (Å²) in [6.45, 7) is 3.40. The van der Waals surface area contributed by atoms with Crippen molar-refractivity contribution >= 4 is 23.2 Å². The number of hydrazone groups is 1. The van der Waals surface area contributed by atoms with Crippen LogP contribution in [0.25, 0.3) is 0 Å². The van der Waals surface area contributed by atoms with Gasteiger partial charge in [0.15, 0.2) is 6.61 Å². The number of aryl methyl sites for hydroxylation is 1. The highest BCUT2D eigenvalue weighted by atomic mass is 16.5. The number of nitrogens with zero attached hydrogens (tertiary/aromatic N) is 1. The Kier molecular flexibility index (Phi) is 6.42. The van der Waals surface area contributed by atoms with Gasteiger partial charge in [-0.2, -0.15) is 5.10 Å². The number of hydrogen-bond acceptors (Lipinski definition) is 5. The molecule has 1 heterocycles. The first kappa shape index (κ1) is 19.9. The van der Waals surface area contributed by atoms with Crippen LogP contribution in [0.4, 0.5) is 5.69 Å². The van der Waals surface area contributed by atoms with E-state index in [-0.39, 0.29) is 18.4 Å². The van der Waals surface area contributed by atoms with Gasteiger partial charge in [-0.15, -0.1) is 0 Å². The topological polar surface area (TPSA) is 92.9 Å². The predicted molar refractivity (Wildman–Crippen MR) is 110 cm³/mol. The zero-order valence-electron chi connectivity index (χ0n) is 16.1. The standard InChI is InChI=1S/C22H21N3O4/c1-15(24-25-22(27)20-12-13-28-16(20)2)17-8-10-19(11-9-17)29-14-21(26)23-18-6-4-3-5-7-18/h3-13H,14H2,1-2H3,(H,23,26)(H,25,27)/b24-15-. The van der Waals surface area contributed by atoms with E-state index in [2.05, 4.69) is 15.8 Å². The molecule has 148 valence electrons. The molecule has 0 aliphatic rings. The fraction of sp³-hybridized carbons (Fsp3) is 0.136. The summed E-state index contributed by atoms with van der Waals surface area (Å²) < 4.78 is 10.6. The number of para-hydroxylation sites is 1. The number of anilines is 1. The molecule has 0 spiro atoms. The quantitative estimate of drug-likeness (QED) is 0.474. The molecule has 0 bridgehead atoms. The van der Waals surface area contributed by atoms with Crippen LogP contribution in [-0.2, 0) is 4.79 Å². The molecule has 29 heavy (non-hydrogen) atoms. The first-order valence-corrected chi connectivity index (χ1v) is 9.00. The van der Waals surface area contributed by atoms with Crippen molar-refractivity contribution in [3.8, 4) is 5.75 Å². The minimum absolute atomic E-state index is 0.0958. The molecule has 0 radical (unpaired) electrons. The molecular formula is C22H21N3O4. The number of amides is 2. The summed E-state index contributed by atoms with van der Waals surface area (Å²) in [6, 6.07) is 17.9. The van der Waals surface area contributed by atoms with E-state index in [9.17, 15) is 9.59 Å². The van der Waals surface area contributed by atoms with Crippen LogP contribution in [0, 0.1) is 6.92 Å². The Hall–Kier alpha value is -3.87. The molecule has 1 aromatic heterocycles. The highest BCUT2D eigenvalue weighted by molar-refractivity contribution is 6.01. The second-order valence-corrected chi connectivity index (χ2v) is 6.26. The van der Waals surface area contributed by atoms with E-state index in [1.165, 1.54) is 6.26 Å². The van der Waals surface area contributed by atoms with Crippen LogP contribution in [0.5, 0.6) is 5.75 Å². The first-order valence-electron chi connectivity index (χ1n) is 9.00. The van der Waals surface area contributed by atoms with Gasteiger partial charge in [-0.1, -0.05) is 18.2 Å². The molecule has 0 fully saturated rings. The van der Waals surface area contributed by atoms with Crippen LogP contribution in [0.1, 0.15) is 28.6 Å². The van der Waals surface area contributed by atoms with Crippen molar-refractivity contribution in [2.75, 3.05) is 11.9 Å². The van der Waals surface area contributed by atoms with E-state index in [4.69, 9.17) is 9.15 Å². The molecule has 2 aromatic carbocycles. The predicted octanol–water partition coefficient (Wildman–Crippen LogP) is 3.76. The summed E-state index contributed by atoms with van der Waals surface area (Å²) >= 11 is 0. The van der Waals surface area contributed by atoms with Crippen molar-refractivity contribution in [3.05, 3.63) is 83.8 Å². The van der Waals surface area contributed by atoms with Gasteiger partial charge in [0.05, 0.1) is 17.5 Å². The van der Waals surface area contributed by atoms with Gasteiger partial charge in [0.1, 0.15) is 11.5 Å². The molecule has 3 rings (SSSR count). The van der Waals surface area contributed by atoms with Crippen molar-refractivity contribution in [2.24, 2.45) is 5.10 Å². The van der Waals surface area contributed by atoms with Gasteiger partial charge in [-0.05, 0) is 61.9 Å². The van der Waals surface area contributed by atoms with Gasteiger partial charge in [0, 0.05) is 5.69 Å². The summed E-state index contributed by atoms with van der Waals surface area (Å²) in [5, 5.41) is 6.87. The lowest BCUT2D eigenvalue weighted by Crippen LogP contribution is -2.20. The zero-order chi connectivity index (χ0) is 20.6. The number of carbonyl (C=O) groups is 2. The third-order valence-corrected chi connectivity index (χ3v) is 4.13. The Bertz CT molecular complexity index is 1010. The van der Waals surface area contributed by atoms with E-state index >= 15 is 0 Å². The minimum Gasteiger partial charge on any atom is -0.484 e. The Labute approximate surface area is 168 Å². The normalized spacial score (nSPS) is 11.0. The van der Waals surface area contributed by atoms with Crippen LogP contribution in [-0.4, -0.2) is 24.1 Å². The molecular weight excluding hydrogens is 370 g/mol. The largest absolute Gasteiger partial charge is 0.484 e. The van der Waals surface area contributed by atoms with Gasteiger partial charge in [0.25, 0.3) is 11.8 Å². The maximum atomic E-state index is 12.1. The Morgan fingerprint density at radius 3 is 2.41 bits per heavy atom. The molecule has 2 amide bonds. The van der Waals surface area contributed by atoms with Gasteiger partial charge < -0.3 is 14.5 Å². The Balaban J connectivity index is 1.52. The van der Waals surface area contributed by atoms with Gasteiger partial charge in [-0.3, -0.25) is 9.59 Å². The summed E-state index contributed by atoms with van der Waals surface area (Å²) in [6.07, 6.45) is 1.46. The summed E-state index contributed by atoms with van der Waals surface area (Å²) in [4.78, 5) is 24.0. The molecule has 0 unspecified atom stereocenters. The third kappa shape index (κ3) is 5.55. The lowest BCUT2D eigenvalue weighted by Gasteiger charge is -2.08. The lowest BCUT2D eigenvalue weighted by molar-refractivity contribution is -0.118. The number of hydrogen-bond donors (Lipinski definition) is 2. The number of ether oxygens (including phenoxy) is 1. The van der Waals surface area contributed by atoms with Crippen LogP contribution in [0.3, 0.4) is 0 Å². The van der Waals surface area contributed by atoms with Crippen LogP contribution in [0.15, 0.2) is 76.4 Å². The number of rotatable bonds is 7. The van der Waals surface area contributed by atoms with Crippen molar-refractivity contribution in [1.29, 1.82) is 0 Å². The van der Waals surface area contributed by atoms with Crippen molar-refractivity contribution < 1.29 is 18.7 Å².